The SMILES string of the molecule is CCN(Cc1ccccc1)C(=O)OCc1cc(C)ccc1-c1cc(CC(=O)OC)ccc1F. The van der Waals surface area contributed by atoms with Gasteiger partial charge in [-0.1, -0.05) is 60.2 Å². The van der Waals surface area contributed by atoms with Crippen molar-refractivity contribution in [2.75, 3.05) is 13.7 Å². The van der Waals surface area contributed by atoms with Gasteiger partial charge < -0.3 is 14.4 Å². The molecule has 0 spiro atoms. The molecule has 5 nitrogen and oxygen atoms in total. The molecule has 172 valence electrons. The van der Waals surface area contributed by atoms with Crippen molar-refractivity contribution in [3.63, 3.8) is 0 Å². The minimum Gasteiger partial charge on any atom is -0.469 e. The fourth-order valence-electron chi connectivity index (χ4n) is 3.57. The summed E-state index contributed by atoms with van der Waals surface area (Å²) in [5.41, 5.74) is 4.27. The molecule has 0 aliphatic heterocycles. The van der Waals surface area contributed by atoms with Crippen molar-refractivity contribution >= 4 is 12.1 Å². The van der Waals surface area contributed by atoms with Crippen molar-refractivity contribution in [1.82, 2.24) is 4.90 Å². The van der Waals surface area contributed by atoms with E-state index in [1.807, 2.05) is 56.3 Å². The van der Waals surface area contributed by atoms with Crippen LogP contribution in [-0.4, -0.2) is 30.6 Å². The molecule has 0 saturated heterocycles. The van der Waals surface area contributed by atoms with Crippen LogP contribution in [0, 0.1) is 12.7 Å². The van der Waals surface area contributed by atoms with Crippen LogP contribution in [0.4, 0.5) is 9.18 Å². The van der Waals surface area contributed by atoms with Crippen LogP contribution in [-0.2, 0) is 33.8 Å². The number of hydrogen-bond donors (Lipinski definition) is 0. The maximum atomic E-state index is 14.7. The fourth-order valence-corrected chi connectivity index (χ4v) is 3.57. The number of carbonyl (C=O) groups is 2. The third kappa shape index (κ3) is 6.42. The number of esters is 1. The molecule has 0 heterocycles. The highest BCUT2D eigenvalue weighted by atomic mass is 19.1. The summed E-state index contributed by atoms with van der Waals surface area (Å²) < 4.78 is 25.1. The fraction of sp³-hybridized carbons (Fsp3) is 0.259. The third-order valence-electron chi connectivity index (χ3n) is 5.37. The minimum atomic E-state index is -0.436. The smallest absolute Gasteiger partial charge is 0.410 e. The molecule has 0 fully saturated rings. The topological polar surface area (TPSA) is 55.8 Å². The van der Waals surface area contributed by atoms with Crippen LogP contribution in [0.1, 0.15) is 29.2 Å². The molecule has 0 bridgehead atoms. The number of hydrogen-bond acceptors (Lipinski definition) is 4. The normalized spacial score (nSPS) is 10.5. The lowest BCUT2D eigenvalue weighted by atomic mass is 9.95. The first kappa shape index (κ1) is 24.0. The van der Waals surface area contributed by atoms with Gasteiger partial charge in [0, 0.05) is 18.7 Å². The van der Waals surface area contributed by atoms with Gasteiger partial charge in [0.1, 0.15) is 12.4 Å². The van der Waals surface area contributed by atoms with E-state index in [1.54, 1.807) is 23.1 Å². The number of aryl methyl sites for hydroxylation is 1. The Kier molecular flexibility index (Phi) is 8.19. The number of benzene rings is 3. The summed E-state index contributed by atoms with van der Waals surface area (Å²) in [4.78, 5) is 26.0. The van der Waals surface area contributed by atoms with Crippen molar-refractivity contribution in [1.29, 1.82) is 0 Å². The van der Waals surface area contributed by atoms with Crippen LogP contribution in [0.3, 0.4) is 0 Å². The molecule has 3 rings (SSSR count). The molecule has 0 aliphatic carbocycles. The van der Waals surface area contributed by atoms with E-state index in [-0.39, 0.29) is 13.0 Å². The summed E-state index contributed by atoms with van der Waals surface area (Å²) in [5.74, 6) is -0.817. The van der Waals surface area contributed by atoms with E-state index in [0.29, 0.717) is 35.3 Å². The lowest BCUT2D eigenvalue weighted by Gasteiger charge is -2.21. The zero-order valence-electron chi connectivity index (χ0n) is 19.1. The summed E-state index contributed by atoms with van der Waals surface area (Å²) >= 11 is 0. The van der Waals surface area contributed by atoms with Crippen LogP contribution in [0.2, 0.25) is 0 Å². The van der Waals surface area contributed by atoms with E-state index >= 15 is 0 Å². The first-order chi connectivity index (χ1) is 15.9. The lowest BCUT2D eigenvalue weighted by Crippen LogP contribution is -2.30. The van der Waals surface area contributed by atoms with Crippen LogP contribution >= 0.6 is 0 Å². The van der Waals surface area contributed by atoms with Gasteiger partial charge in [0.2, 0.25) is 0 Å². The van der Waals surface area contributed by atoms with Gasteiger partial charge in [0.05, 0.1) is 13.5 Å². The first-order valence-electron chi connectivity index (χ1n) is 10.8. The molecule has 0 saturated carbocycles. The van der Waals surface area contributed by atoms with Crippen molar-refractivity contribution in [3.8, 4) is 11.1 Å². The minimum absolute atomic E-state index is 0.00179. The Morgan fingerprint density at radius 3 is 2.39 bits per heavy atom. The largest absolute Gasteiger partial charge is 0.469 e. The van der Waals surface area contributed by atoms with E-state index in [2.05, 4.69) is 0 Å². The summed E-state index contributed by atoms with van der Waals surface area (Å²) in [6.45, 7) is 4.76. The third-order valence-corrected chi connectivity index (χ3v) is 5.37. The summed E-state index contributed by atoms with van der Waals surface area (Å²) in [6, 6.07) is 19.8. The van der Waals surface area contributed by atoms with E-state index < -0.39 is 17.9 Å². The monoisotopic (exact) mass is 449 g/mol. The molecule has 6 heteroatoms. The van der Waals surface area contributed by atoms with Crippen LogP contribution in [0.5, 0.6) is 0 Å². The molecule has 0 radical (unpaired) electrons. The summed E-state index contributed by atoms with van der Waals surface area (Å²) in [6.07, 6.45) is -0.390. The van der Waals surface area contributed by atoms with Gasteiger partial charge in [-0.3, -0.25) is 4.79 Å². The molecule has 0 N–H and O–H groups in total. The second-order valence-corrected chi connectivity index (χ2v) is 7.78. The van der Waals surface area contributed by atoms with Crippen molar-refractivity contribution in [3.05, 3.63) is 94.8 Å². The van der Waals surface area contributed by atoms with Crippen LogP contribution < -0.4 is 0 Å². The van der Waals surface area contributed by atoms with Gasteiger partial charge in [0.15, 0.2) is 0 Å². The standard InChI is InChI=1S/C27H28FNO4/c1-4-29(17-20-8-6-5-7-9-20)27(31)33-18-22-14-19(2)10-12-23(22)24-15-21(11-13-25(24)28)16-26(30)32-3/h5-15H,4,16-18H2,1-3H3. The molecule has 0 aromatic heterocycles. The molecule has 0 unspecified atom stereocenters. The molecular weight excluding hydrogens is 421 g/mol. The zero-order chi connectivity index (χ0) is 23.8. The van der Waals surface area contributed by atoms with Gasteiger partial charge in [-0.2, -0.15) is 0 Å². The number of halogens is 1. The second kappa shape index (κ2) is 11.3. The Bertz CT molecular complexity index is 1110. The zero-order valence-corrected chi connectivity index (χ0v) is 19.1. The van der Waals surface area contributed by atoms with Crippen LogP contribution in [0.15, 0.2) is 66.7 Å². The Balaban J connectivity index is 1.81. The predicted molar refractivity (Wildman–Crippen MR) is 125 cm³/mol. The van der Waals surface area contributed by atoms with Crippen molar-refractivity contribution < 1.29 is 23.5 Å². The molecule has 3 aromatic carbocycles. The quantitative estimate of drug-likeness (QED) is 0.416. The summed E-state index contributed by atoms with van der Waals surface area (Å²) in [7, 11) is 1.32. The average Bonchev–Trinajstić information content (AvgIpc) is 2.83. The molecular formula is C27H28FNO4. The number of nitrogens with zero attached hydrogens (tertiary/aromatic N) is 1. The van der Waals surface area contributed by atoms with E-state index in [0.717, 1.165) is 11.1 Å². The lowest BCUT2D eigenvalue weighted by molar-refractivity contribution is -0.139. The number of amides is 1. The van der Waals surface area contributed by atoms with Gasteiger partial charge in [-0.05, 0) is 48.2 Å². The highest BCUT2D eigenvalue weighted by Gasteiger charge is 2.17. The molecule has 1 amide bonds. The Hall–Kier alpha value is -3.67. The predicted octanol–water partition coefficient (Wildman–Crippen LogP) is 5.68. The van der Waals surface area contributed by atoms with Gasteiger partial charge in [0.25, 0.3) is 0 Å². The first-order valence-corrected chi connectivity index (χ1v) is 10.8. The number of ether oxygens (including phenoxy) is 2. The molecule has 0 aliphatic rings. The highest BCUT2D eigenvalue weighted by Crippen LogP contribution is 2.29. The molecule has 0 atom stereocenters. The van der Waals surface area contributed by atoms with E-state index in [1.165, 1.54) is 13.2 Å². The number of methoxy groups -OCH3 is 1. The maximum absolute atomic E-state index is 14.7. The summed E-state index contributed by atoms with van der Waals surface area (Å²) in [5, 5.41) is 0. The Labute approximate surface area is 193 Å². The second-order valence-electron chi connectivity index (χ2n) is 7.78. The maximum Gasteiger partial charge on any atom is 0.410 e. The van der Waals surface area contributed by atoms with Crippen molar-refractivity contribution in [2.45, 2.75) is 33.4 Å². The Morgan fingerprint density at radius 2 is 1.70 bits per heavy atom. The van der Waals surface area contributed by atoms with Crippen molar-refractivity contribution in [2.24, 2.45) is 0 Å². The van der Waals surface area contributed by atoms with Gasteiger partial charge in [-0.25, -0.2) is 9.18 Å². The highest BCUT2D eigenvalue weighted by molar-refractivity contribution is 5.75. The molecule has 33 heavy (non-hydrogen) atoms. The van der Waals surface area contributed by atoms with E-state index in [4.69, 9.17) is 9.47 Å². The number of carbonyl (C=O) groups excluding carboxylic acids is 2. The molecule has 3 aromatic rings. The van der Waals surface area contributed by atoms with Gasteiger partial charge in [-0.15, -0.1) is 0 Å². The van der Waals surface area contributed by atoms with Gasteiger partial charge >= 0.3 is 12.1 Å². The van der Waals surface area contributed by atoms with Crippen LogP contribution in [0.25, 0.3) is 11.1 Å². The number of rotatable bonds is 8. The Morgan fingerprint density at radius 1 is 0.939 bits per heavy atom. The average molecular weight is 450 g/mol. The van der Waals surface area contributed by atoms with E-state index in [9.17, 15) is 14.0 Å².